The topological polar surface area (TPSA) is 91.1 Å². The number of aliphatic hydroxyl groups is 1. The summed E-state index contributed by atoms with van der Waals surface area (Å²) in [5.41, 5.74) is 4.54. The van der Waals surface area contributed by atoms with Crippen molar-refractivity contribution in [1.82, 2.24) is 24.6 Å². The maximum atomic E-state index is 9.24. The normalized spacial score (nSPS) is 15.1. The van der Waals surface area contributed by atoms with Gasteiger partial charge in [0.1, 0.15) is 11.6 Å². The molecular weight excluding hydrogens is 414 g/mol. The Kier molecular flexibility index (Phi) is 5.93. The minimum absolute atomic E-state index is 0.0669. The SMILES string of the molecule is Cc1cc(-n2ccc(CO)n2)ccc1Nc1cc2nc(NC3CCN(C)CC3)ccc2cn1. The van der Waals surface area contributed by atoms with Gasteiger partial charge >= 0.3 is 0 Å². The van der Waals surface area contributed by atoms with Crippen molar-refractivity contribution in [2.75, 3.05) is 30.8 Å². The first-order valence-electron chi connectivity index (χ1n) is 11.3. The smallest absolute Gasteiger partial charge is 0.132 e. The van der Waals surface area contributed by atoms with Gasteiger partial charge in [0.2, 0.25) is 0 Å². The molecule has 1 fully saturated rings. The van der Waals surface area contributed by atoms with Crippen LogP contribution >= 0.6 is 0 Å². The monoisotopic (exact) mass is 443 g/mol. The number of nitrogens with zero attached hydrogens (tertiary/aromatic N) is 5. The maximum absolute atomic E-state index is 9.24. The lowest BCUT2D eigenvalue weighted by molar-refractivity contribution is 0.263. The van der Waals surface area contributed by atoms with Crippen molar-refractivity contribution in [3.63, 3.8) is 0 Å². The molecule has 170 valence electrons. The summed E-state index contributed by atoms with van der Waals surface area (Å²) in [6, 6.07) is 14.4. The fourth-order valence-corrected chi connectivity index (χ4v) is 4.19. The number of nitrogens with one attached hydrogen (secondary N) is 2. The molecule has 1 aromatic carbocycles. The summed E-state index contributed by atoms with van der Waals surface area (Å²) in [7, 11) is 2.17. The van der Waals surface area contributed by atoms with Gasteiger partial charge in [0.25, 0.3) is 0 Å². The molecule has 0 bridgehead atoms. The number of fused-ring (bicyclic) bond motifs is 1. The Morgan fingerprint density at radius 1 is 1.06 bits per heavy atom. The van der Waals surface area contributed by atoms with E-state index in [1.165, 1.54) is 0 Å². The Morgan fingerprint density at radius 2 is 1.91 bits per heavy atom. The average Bonchev–Trinajstić information content (AvgIpc) is 3.31. The second kappa shape index (κ2) is 9.17. The molecule has 0 radical (unpaired) electrons. The van der Waals surface area contributed by atoms with E-state index < -0.39 is 0 Å². The van der Waals surface area contributed by atoms with Crippen molar-refractivity contribution in [3.05, 3.63) is 66.1 Å². The highest BCUT2D eigenvalue weighted by atomic mass is 16.3. The summed E-state index contributed by atoms with van der Waals surface area (Å²) in [6.45, 7) is 4.21. The minimum Gasteiger partial charge on any atom is -0.390 e. The van der Waals surface area contributed by atoms with Crippen LogP contribution < -0.4 is 10.6 Å². The van der Waals surface area contributed by atoms with Crippen LogP contribution in [0.5, 0.6) is 0 Å². The van der Waals surface area contributed by atoms with Crippen LogP contribution in [-0.2, 0) is 6.61 Å². The summed E-state index contributed by atoms with van der Waals surface area (Å²) in [5.74, 6) is 1.67. The van der Waals surface area contributed by atoms with Crippen LogP contribution in [0.1, 0.15) is 24.1 Å². The van der Waals surface area contributed by atoms with Crippen LogP contribution in [0.3, 0.4) is 0 Å². The van der Waals surface area contributed by atoms with Crippen molar-refractivity contribution >= 4 is 28.2 Å². The van der Waals surface area contributed by atoms with E-state index >= 15 is 0 Å². The van der Waals surface area contributed by atoms with E-state index in [2.05, 4.69) is 44.8 Å². The fourth-order valence-electron chi connectivity index (χ4n) is 4.19. The fraction of sp³-hybridized carbons (Fsp3) is 0.320. The van der Waals surface area contributed by atoms with Gasteiger partial charge in [-0.25, -0.2) is 14.6 Å². The van der Waals surface area contributed by atoms with Crippen LogP contribution in [0.2, 0.25) is 0 Å². The molecule has 0 atom stereocenters. The average molecular weight is 444 g/mol. The summed E-state index contributed by atoms with van der Waals surface area (Å²) < 4.78 is 1.76. The van der Waals surface area contributed by atoms with Crippen LogP contribution in [0, 0.1) is 6.92 Å². The van der Waals surface area contributed by atoms with Gasteiger partial charge in [-0.2, -0.15) is 5.10 Å². The van der Waals surface area contributed by atoms with Gasteiger partial charge in [-0.1, -0.05) is 0 Å². The molecule has 3 N–H and O–H groups in total. The molecule has 0 amide bonds. The Hall–Kier alpha value is -3.49. The van der Waals surface area contributed by atoms with E-state index in [4.69, 9.17) is 4.98 Å². The van der Waals surface area contributed by atoms with Gasteiger partial charge in [0.15, 0.2) is 0 Å². The second-order valence-corrected chi connectivity index (χ2v) is 8.71. The van der Waals surface area contributed by atoms with Crippen LogP contribution in [-0.4, -0.2) is 55.9 Å². The summed E-state index contributed by atoms with van der Waals surface area (Å²) >= 11 is 0. The molecule has 5 rings (SSSR count). The van der Waals surface area contributed by atoms with Gasteiger partial charge < -0.3 is 20.6 Å². The number of benzene rings is 1. The van der Waals surface area contributed by atoms with Crippen molar-refractivity contribution in [2.45, 2.75) is 32.4 Å². The summed E-state index contributed by atoms with van der Waals surface area (Å²) in [4.78, 5) is 11.8. The lowest BCUT2D eigenvalue weighted by Gasteiger charge is -2.29. The van der Waals surface area contributed by atoms with Crippen LogP contribution in [0.4, 0.5) is 17.3 Å². The second-order valence-electron chi connectivity index (χ2n) is 8.71. The zero-order chi connectivity index (χ0) is 22.8. The number of aliphatic hydroxyl groups excluding tert-OH is 1. The predicted octanol–water partition coefficient (Wildman–Crippen LogP) is 3.87. The molecule has 1 saturated heterocycles. The highest BCUT2D eigenvalue weighted by molar-refractivity contribution is 5.82. The van der Waals surface area contributed by atoms with Crippen molar-refractivity contribution in [2.24, 2.45) is 0 Å². The largest absolute Gasteiger partial charge is 0.390 e. The minimum atomic E-state index is -0.0669. The Labute approximate surface area is 193 Å². The first-order chi connectivity index (χ1) is 16.1. The summed E-state index contributed by atoms with van der Waals surface area (Å²) in [6.07, 6.45) is 5.97. The van der Waals surface area contributed by atoms with E-state index in [9.17, 15) is 5.11 Å². The molecule has 0 spiro atoms. The number of aromatic nitrogens is 4. The predicted molar refractivity (Wildman–Crippen MR) is 131 cm³/mol. The number of piperidine rings is 1. The molecule has 4 heterocycles. The Balaban J connectivity index is 1.33. The van der Waals surface area contributed by atoms with Crippen molar-refractivity contribution in [1.29, 1.82) is 0 Å². The number of likely N-dealkylation sites (tertiary alicyclic amines) is 1. The van der Waals surface area contributed by atoms with Gasteiger partial charge in [-0.3, -0.25) is 0 Å². The van der Waals surface area contributed by atoms with Crippen molar-refractivity contribution < 1.29 is 5.11 Å². The zero-order valence-corrected chi connectivity index (χ0v) is 19.0. The number of anilines is 3. The number of aryl methyl sites for hydroxylation is 1. The lowest BCUT2D eigenvalue weighted by atomic mass is 10.1. The first-order valence-corrected chi connectivity index (χ1v) is 11.3. The van der Waals surface area contributed by atoms with E-state index in [-0.39, 0.29) is 6.61 Å². The highest BCUT2D eigenvalue weighted by Crippen LogP contribution is 2.25. The van der Waals surface area contributed by atoms with Crippen LogP contribution in [0.15, 0.2) is 54.9 Å². The number of rotatable bonds is 6. The third-order valence-electron chi connectivity index (χ3n) is 6.19. The Morgan fingerprint density at radius 3 is 2.67 bits per heavy atom. The highest BCUT2D eigenvalue weighted by Gasteiger charge is 2.16. The Bertz CT molecular complexity index is 1260. The third kappa shape index (κ3) is 4.81. The molecule has 4 aromatic rings. The number of hydrogen-bond donors (Lipinski definition) is 3. The standard InChI is InChI=1S/C25H29N7O/c1-17-13-21(32-12-9-20(16-33)30-32)4-5-22(17)28-25-14-23-18(15-26-25)3-6-24(29-23)27-19-7-10-31(2)11-8-19/h3-6,9,12-15,19,33H,7-8,10-11,16H2,1-2H3,(H,26,28)(H,27,29). The zero-order valence-electron chi connectivity index (χ0n) is 19.0. The molecule has 3 aromatic heterocycles. The third-order valence-corrected chi connectivity index (χ3v) is 6.19. The van der Waals surface area contributed by atoms with E-state index in [1.54, 1.807) is 4.68 Å². The number of pyridine rings is 2. The molecule has 0 unspecified atom stereocenters. The van der Waals surface area contributed by atoms with Crippen molar-refractivity contribution in [3.8, 4) is 5.69 Å². The molecule has 8 nitrogen and oxygen atoms in total. The maximum Gasteiger partial charge on any atom is 0.132 e. The molecular formula is C25H29N7O. The van der Waals surface area contributed by atoms with Gasteiger partial charge in [0.05, 0.1) is 23.5 Å². The molecule has 8 heteroatoms. The molecule has 0 aliphatic carbocycles. The van der Waals surface area contributed by atoms with E-state index in [0.717, 1.165) is 65.4 Å². The van der Waals surface area contributed by atoms with Gasteiger partial charge in [-0.05, 0) is 81.9 Å². The molecule has 0 saturated carbocycles. The molecule has 1 aliphatic rings. The van der Waals surface area contributed by atoms with Gasteiger partial charge in [0, 0.05) is 35.6 Å². The first kappa shape index (κ1) is 21.4. The lowest BCUT2D eigenvalue weighted by Crippen LogP contribution is -2.36. The van der Waals surface area contributed by atoms with E-state index in [1.807, 2.05) is 49.6 Å². The number of hydrogen-bond acceptors (Lipinski definition) is 7. The summed E-state index contributed by atoms with van der Waals surface area (Å²) in [5, 5.41) is 21.6. The van der Waals surface area contributed by atoms with Gasteiger partial charge in [-0.15, -0.1) is 0 Å². The quantitative estimate of drug-likeness (QED) is 0.417. The van der Waals surface area contributed by atoms with Crippen LogP contribution in [0.25, 0.3) is 16.6 Å². The molecule has 33 heavy (non-hydrogen) atoms. The molecule has 1 aliphatic heterocycles. The van der Waals surface area contributed by atoms with E-state index in [0.29, 0.717) is 11.7 Å².